The summed E-state index contributed by atoms with van der Waals surface area (Å²) in [7, 11) is 0. The van der Waals surface area contributed by atoms with E-state index in [0.717, 1.165) is 10.0 Å². The molecule has 0 aliphatic carbocycles. The van der Waals surface area contributed by atoms with Gasteiger partial charge in [-0.3, -0.25) is 4.79 Å². The maximum absolute atomic E-state index is 11.3. The van der Waals surface area contributed by atoms with Crippen LogP contribution in [-0.2, 0) is 4.79 Å². The van der Waals surface area contributed by atoms with Gasteiger partial charge in [0.1, 0.15) is 0 Å². The molecular formula is C13H15BrN2O3. The minimum absolute atomic E-state index is 0.0506. The Kier molecular flexibility index (Phi) is 6.67. The number of carbonyl (C=O) groups excluding carboxylic acids is 1. The molecule has 2 amide bonds. The maximum Gasteiger partial charge on any atom is 0.318 e. The van der Waals surface area contributed by atoms with Crippen LogP contribution < -0.4 is 10.6 Å². The Morgan fingerprint density at radius 1 is 1.26 bits per heavy atom. The Morgan fingerprint density at radius 2 is 1.95 bits per heavy atom. The largest absolute Gasteiger partial charge is 0.481 e. The van der Waals surface area contributed by atoms with Crippen molar-refractivity contribution in [1.82, 2.24) is 10.6 Å². The summed E-state index contributed by atoms with van der Waals surface area (Å²) in [5.74, 6) is -0.864. The predicted molar refractivity (Wildman–Crippen MR) is 76.6 cm³/mol. The van der Waals surface area contributed by atoms with Gasteiger partial charge < -0.3 is 15.7 Å². The zero-order valence-electron chi connectivity index (χ0n) is 10.2. The second-order valence-corrected chi connectivity index (χ2v) is 4.70. The number of hydrogen-bond acceptors (Lipinski definition) is 2. The number of carboxylic acid groups (broad SMARTS) is 1. The lowest BCUT2D eigenvalue weighted by Gasteiger charge is -2.03. The van der Waals surface area contributed by atoms with Gasteiger partial charge in [-0.05, 0) is 30.2 Å². The number of carbonyl (C=O) groups is 2. The molecule has 0 spiro atoms. The smallest absolute Gasteiger partial charge is 0.318 e. The first kappa shape index (κ1) is 15.2. The lowest BCUT2D eigenvalue weighted by molar-refractivity contribution is -0.137. The number of halogens is 1. The molecule has 0 bridgehead atoms. The van der Waals surface area contributed by atoms with Crippen LogP contribution in [-0.4, -0.2) is 23.7 Å². The fourth-order valence-electron chi connectivity index (χ4n) is 1.28. The Bertz CT molecular complexity index is 457. The van der Waals surface area contributed by atoms with Gasteiger partial charge in [-0.1, -0.05) is 28.1 Å². The van der Waals surface area contributed by atoms with Crippen LogP contribution in [0.1, 0.15) is 18.4 Å². The van der Waals surface area contributed by atoms with Crippen molar-refractivity contribution in [2.45, 2.75) is 12.8 Å². The summed E-state index contributed by atoms with van der Waals surface area (Å²) in [6.07, 6.45) is 3.77. The van der Waals surface area contributed by atoms with Crippen molar-refractivity contribution in [3.63, 3.8) is 0 Å². The van der Waals surface area contributed by atoms with Gasteiger partial charge in [-0.15, -0.1) is 0 Å². The molecule has 1 aromatic rings. The van der Waals surface area contributed by atoms with Crippen molar-refractivity contribution in [3.8, 4) is 0 Å². The van der Waals surface area contributed by atoms with E-state index >= 15 is 0 Å². The molecule has 0 saturated heterocycles. The van der Waals surface area contributed by atoms with Gasteiger partial charge in [-0.25, -0.2) is 4.79 Å². The normalized spacial score (nSPS) is 10.4. The molecule has 19 heavy (non-hydrogen) atoms. The van der Waals surface area contributed by atoms with Crippen molar-refractivity contribution in [2.24, 2.45) is 0 Å². The number of amides is 2. The van der Waals surface area contributed by atoms with Gasteiger partial charge in [0.05, 0.1) is 0 Å². The number of rotatable bonds is 6. The molecule has 3 N–H and O–H groups in total. The van der Waals surface area contributed by atoms with Crippen LogP contribution >= 0.6 is 15.9 Å². The average molecular weight is 327 g/mol. The number of nitrogens with one attached hydrogen (secondary N) is 2. The molecule has 1 rings (SSSR count). The highest BCUT2D eigenvalue weighted by Gasteiger charge is 1.98. The summed E-state index contributed by atoms with van der Waals surface area (Å²) in [6, 6.07) is 7.29. The van der Waals surface area contributed by atoms with Crippen LogP contribution in [0.5, 0.6) is 0 Å². The van der Waals surface area contributed by atoms with Crippen molar-refractivity contribution < 1.29 is 14.7 Å². The number of carboxylic acids is 1. The molecule has 0 aliphatic heterocycles. The van der Waals surface area contributed by atoms with E-state index in [1.165, 1.54) is 6.20 Å². The SMILES string of the molecule is O=C(O)CCCNC(=O)N/C=C/c1ccc(Br)cc1. The van der Waals surface area contributed by atoms with E-state index in [2.05, 4.69) is 26.6 Å². The molecule has 0 aromatic heterocycles. The lowest BCUT2D eigenvalue weighted by Crippen LogP contribution is -2.32. The Balaban J connectivity index is 2.22. The first-order valence-electron chi connectivity index (χ1n) is 5.76. The van der Waals surface area contributed by atoms with E-state index in [1.807, 2.05) is 24.3 Å². The molecule has 5 nitrogen and oxygen atoms in total. The fourth-order valence-corrected chi connectivity index (χ4v) is 1.54. The Hall–Kier alpha value is -1.82. The molecule has 0 fully saturated rings. The average Bonchev–Trinajstić information content (AvgIpc) is 2.37. The van der Waals surface area contributed by atoms with Crippen LogP contribution in [0.25, 0.3) is 6.08 Å². The van der Waals surface area contributed by atoms with Crippen LogP contribution in [0.15, 0.2) is 34.9 Å². The minimum atomic E-state index is -0.864. The highest BCUT2D eigenvalue weighted by molar-refractivity contribution is 9.10. The number of benzene rings is 1. The standard InChI is InChI=1S/C13H15BrN2O3/c14-11-5-3-10(4-6-11)7-9-16-13(19)15-8-1-2-12(17)18/h3-7,9H,1-2,8H2,(H,17,18)(H2,15,16,19)/b9-7+. The van der Waals surface area contributed by atoms with Gasteiger partial charge in [0.2, 0.25) is 0 Å². The Labute approximate surface area is 119 Å². The molecular weight excluding hydrogens is 312 g/mol. The summed E-state index contributed by atoms with van der Waals surface area (Å²) >= 11 is 3.34. The monoisotopic (exact) mass is 326 g/mol. The molecule has 0 heterocycles. The molecule has 102 valence electrons. The minimum Gasteiger partial charge on any atom is -0.481 e. The second kappa shape index (κ2) is 8.31. The van der Waals surface area contributed by atoms with E-state index < -0.39 is 5.97 Å². The van der Waals surface area contributed by atoms with Gasteiger partial charge in [0.25, 0.3) is 0 Å². The third-order valence-corrected chi connectivity index (χ3v) is 2.74. The number of hydrogen-bond donors (Lipinski definition) is 3. The van der Waals surface area contributed by atoms with Crippen molar-refractivity contribution >= 4 is 34.0 Å². The predicted octanol–water partition coefficient (Wildman–Crippen LogP) is 2.58. The summed E-state index contributed by atoms with van der Waals surface area (Å²) in [6.45, 7) is 0.338. The summed E-state index contributed by atoms with van der Waals surface area (Å²) < 4.78 is 0.994. The summed E-state index contributed by atoms with van der Waals surface area (Å²) in [5.41, 5.74) is 0.967. The topological polar surface area (TPSA) is 78.4 Å². The molecule has 0 saturated carbocycles. The quantitative estimate of drug-likeness (QED) is 0.703. The highest BCUT2D eigenvalue weighted by Crippen LogP contribution is 2.11. The lowest BCUT2D eigenvalue weighted by atomic mass is 10.2. The van der Waals surface area contributed by atoms with Crippen molar-refractivity contribution in [1.29, 1.82) is 0 Å². The Morgan fingerprint density at radius 3 is 2.58 bits per heavy atom. The van der Waals surface area contributed by atoms with Gasteiger partial charge in [-0.2, -0.15) is 0 Å². The van der Waals surface area contributed by atoms with Gasteiger partial charge >= 0.3 is 12.0 Å². The van der Waals surface area contributed by atoms with E-state index in [0.29, 0.717) is 13.0 Å². The van der Waals surface area contributed by atoms with Crippen LogP contribution in [0.3, 0.4) is 0 Å². The van der Waals surface area contributed by atoms with Crippen molar-refractivity contribution in [2.75, 3.05) is 6.54 Å². The molecule has 1 aromatic carbocycles. The number of aliphatic carboxylic acids is 1. The third kappa shape index (κ3) is 7.25. The zero-order valence-corrected chi connectivity index (χ0v) is 11.8. The fraction of sp³-hybridized carbons (Fsp3) is 0.231. The van der Waals surface area contributed by atoms with E-state index in [9.17, 15) is 9.59 Å². The molecule has 6 heteroatoms. The van der Waals surface area contributed by atoms with Crippen LogP contribution in [0.4, 0.5) is 4.79 Å². The first-order valence-corrected chi connectivity index (χ1v) is 6.55. The molecule has 0 atom stereocenters. The van der Waals surface area contributed by atoms with Crippen LogP contribution in [0, 0.1) is 0 Å². The first-order chi connectivity index (χ1) is 9.08. The van der Waals surface area contributed by atoms with Crippen molar-refractivity contribution in [3.05, 3.63) is 40.5 Å². The molecule has 0 aliphatic rings. The highest BCUT2D eigenvalue weighted by atomic mass is 79.9. The third-order valence-electron chi connectivity index (χ3n) is 2.21. The summed E-state index contributed by atoms with van der Waals surface area (Å²) in [5, 5.41) is 13.5. The second-order valence-electron chi connectivity index (χ2n) is 3.78. The summed E-state index contributed by atoms with van der Waals surface area (Å²) in [4.78, 5) is 21.6. The van der Waals surface area contributed by atoms with Crippen LogP contribution in [0.2, 0.25) is 0 Å². The molecule has 0 unspecified atom stereocenters. The number of urea groups is 1. The molecule has 0 radical (unpaired) electrons. The van der Waals surface area contributed by atoms with Gasteiger partial charge in [0.15, 0.2) is 0 Å². The van der Waals surface area contributed by atoms with E-state index in [-0.39, 0.29) is 12.5 Å². The van der Waals surface area contributed by atoms with E-state index in [4.69, 9.17) is 5.11 Å². The zero-order chi connectivity index (χ0) is 14.1. The van der Waals surface area contributed by atoms with E-state index in [1.54, 1.807) is 6.08 Å². The van der Waals surface area contributed by atoms with Gasteiger partial charge in [0, 0.05) is 23.6 Å². The maximum atomic E-state index is 11.3.